The lowest BCUT2D eigenvalue weighted by atomic mass is 10.1. The summed E-state index contributed by atoms with van der Waals surface area (Å²) in [6, 6.07) is 16.5. The van der Waals surface area contributed by atoms with E-state index in [1.807, 2.05) is 18.2 Å². The van der Waals surface area contributed by atoms with Crippen LogP contribution in [0.1, 0.15) is 37.0 Å². The molecular formula is C19H23NO. The van der Waals surface area contributed by atoms with Gasteiger partial charge < -0.3 is 5.32 Å². The number of amides is 1. The number of hydrogen-bond acceptors (Lipinski definition) is 1. The number of para-hydroxylation sites is 1. The quantitative estimate of drug-likeness (QED) is 0.836. The maximum atomic E-state index is 12.1. The van der Waals surface area contributed by atoms with E-state index in [2.05, 4.69) is 49.5 Å². The van der Waals surface area contributed by atoms with Gasteiger partial charge in [0.1, 0.15) is 0 Å². The first kappa shape index (κ1) is 15.3. The van der Waals surface area contributed by atoms with E-state index in [0.717, 1.165) is 24.9 Å². The molecule has 110 valence electrons. The van der Waals surface area contributed by atoms with E-state index in [-0.39, 0.29) is 5.91 Å². The van der Waals surface area contributed by atoms with Crippen LogP contribution in [0.5, 0.6) is 0 Å². The second kappa shape index (κ2) is 7.63. The van der Waals surface area contributed by atoms with Gasteiger partial charge in [-0.3, -0.25) is 4.79 Å². The highest BCUT2D eigenvalue weighted by atomic mass is 16.1. The first-order valence-corrected chi connectivity index (χ1v) is 7.68. The third kappa shape index (κ3) is 4.45. The molecule has 0 heterocycles. The molecule has 0 saturated heterocycles. The van der Waals surface area contributed by atoms with Crippen molar-refractivity contribution in [1.29, 1.82) is 0 Å². The Morgan fingerprint density at radius 2 is 1.57 bits per heavy atom. The van der Waals surface area contributed by atoms with Crippen LogP contribution in [0.25, 0.3) is 0 Å². The fraction of sp³-hybridized carbons (Fsp3) is 0.316. The van der Waals surface area contributed by atoms with Gasteiger partial charge in [0.05, 0.1) is 0 Å². The molecule has 2 rings (SSSR count). The molecule has 2 nitrogen and oxygen atoms in total. The average Bonchev–Trinajstić information content (AvgIpc) is 2.54. The first-order valence-electron chi connectivity index (χ1n) is 7.68. The van der Waals surface area contributed by atoms with E-state index < -0.39 is 0 Å². The lowest BCUT2D eigenvalue weighted by Crippen LogP contribution is -2.13. The number of nitrogens with one attached hydrogen (secondary N) is 1. The molecule has 0 bridgehead atoms. The minimum atomic E-state index is 0.0791. The zero-order chi connectivity index (χ0) is 15.1. The summed E-state index contributed by atoms with van der Waals surface area (Å²) in [7, 11) is 0. The molecule has 0 saturated carbocycles. The highest BCUT2D eigenvalue weighted by Crippen LogP contribution is 2.16. The Kier molecular flexibility index (Phi) is 5.56. The highest BCUT2D eigenvalue weighted by molar-refractivity contribution is 5.91. The summed E-state index contributed by atoms with van der Waals surface area (Å²) in [5.74, 6) is 0.0791. The van der Waals surface area contributed by atoms with Crippen LogP contribution in [0.2, 0.25) is 0 Å². The van der Waals surface area contributed by atoms with Gasteiger partial charge in [-0.05, 0) is 42.0 Å². The molecule has 2 aromatic carbocycles. The van der Waals surface area contributed by atoms with Gasteiger partial charge in [-0.1, -0.05) is 56.3 Å². The van der Waals surface area contributed by atoms with Crippen LogP contribution in [-0.2, 0) is 24.1 Å². The van der Waals surface area contributed by atoms with Gasteiger partial charge >= 0.3 is 0 Å². The third-order valence-electron chi connectivity index (χ3n) is 3.74. The van der Waals surface area contributed by atoms with Gasteiger partial charge in [0.15, 0.2) is 0 Å². The summed E-state index contributed by atoms with van der Waals surface area (Å²) < 4.78 is 0. The number of hydrogen-bond donors (Lipinski definition) is 1. The molecule has 2 heteroatoms. The summed E-state index contributed by atoms with van der Waals surface area (Å²) in [6.45, 7) is 4.24. The van der Waals surface area contributed by atoms with E-state index in [0.29, 0.717) is 6.42 Å². The van der Waals surface area contributed by atoms with Crippen LogP contribution < -0.4 is 5.32 Å². The average molecular weight is 281 g/mol. The first-order chi connectivity index (χ1) is 10.2. The monoisotopic (exact) mass is 281 g/mol. The van der Waals surface area contributed by atoms with Gasteiger partial charge in [-0.25, -0.2) is 0 Å². The Hall–Kier alpha value is -2.09. The minimum absolute atomic E-state index is 0.0791. The molecule has 0 radical (unpaired) electrons. The van der Waals surface area contributed by atoms with Gasteiger partial charge in [-0.15, -0.1) is 0 Å². The number of carbonyl (C=O) groups excluding carboxylic acids is 1. The van der Waals surface area contributed by atoms with Crippen LogP contribution in [0.15, 0.2) is 48.5 Å². The zero-order valence-corrected chi connectivity index (χ0v) is 12.9. The summed E-state index contributed by atoms with van der Waals surface area (Å²) in [5.41, 5.74) is 4.66. The molecule has 21 heavy (non-hydrogen) atoms. The number of carbonyl (C=O) groups is 1. The van der Waals surface area contributed by atoms with Crippen LogP contribution >= 0.6 is 0 Å². The molecule has 0 atom stereocenters. The van der Waals surface area contributed by atoms with Gasteiger partial charge in [-0.2, -0.15) is 0 Å². The molecule has 2 aromatic rings. The van der Waals surface area contributed by atoms with Crippen molar-refractivity contribution in [3.05, 3.63) is 65.2 Å². The van der Waals surface area contributed by atoms with Crippen molar-refractivity contribution in [1.82, 2.24) is 0 Å². The van der Waals surface area contributed by atoms with E-state index in [1.54, 1.807) is 0 Å². The normalized spacial score (nSPS) is 10.4. The molecule has 0 unspecified atom stereocenters. The van der Waals surface area contributed by atoms with Crippen LogP contribution in [0.4, 0.5) is 5.69 Å². The Labute approximate surface area is 127 Å². The van der Waals surface area contributed by atoms with Crippen molar-refractivity contribution in [3.63, 3.8) is 0 Å². The van der Waals surface area contributed by atoms with Crippen LogP contribution in [0, 0.1) is 0 Å². The predicted molar refractivity (Wildman–Crippen MR) is 88.6 cm³/mol. The second-order valence-corrected chi connectivity index (χ2v) is 5.23. The van der Waals surface area contributed by atoms with Crippen molar-refractivity contribution in [3.8, 4) is 0 Å². The predicted octanol–water partition coefficient (Wildman–Crippen LogP) is 4.38. The molecule has 1 amide bonds. The van der Waals surface area contributed by atoms with Crippen molar-refractivity contribution in [2.45, 2.75) is 39.5 Å². The highest BCUT2D eigenvalue weighted by Gasteiger charge is 2.06. The lowest BCUT2D eigenvalue weighted by molar-refractivity contribution is -0.116. The number of anilines is 1. The Balaban J connectivity index is 1.89. The molecular weight excluding hydrogens is 258 g/mol. The SMILES string of the molecule is CCc1ccc(CCC(=O)Nc2ccccc2CC)cc1. The van der Waals surface area contributed by atoms with Crippen LogP contribution in [-0.4, -0.2) is 5.91 Å². The second-order valence-electron chi connectivity index (χ2n) is 5.23. The van der Waals surface area contributed by atoms with Crippen molar-refractivity contribution >= 4 is 11.6 Å². The third-order valence-corrected chi connectivity index (χ3v) is 3.74. The Morgan fingerprint density at radius 3 is 2.24 bits per heavy atom. The zero-order valence-electron chi connectivity index (χ0n) is 12.9. The van der Waals surface area contributed by atoms with Gasteiger partial charge in [0.2, 0.25) is 5.91 Å². The number of benzene rings is 2. The number of rotatable bonds is 6. The van der Waals surface area contributed by atoms with E-state index in [4.69, 9.17) is 0 Å². The molecule has 0 aliphatic carbocycles. The topological polar surface area (TPSA) is 29.1 Å². The molecule has 0 fully saturated rings. The van der Waals surface area contributed by atoms with Crippen molar-refractivity contribution < 1.29 is 4.79 Å². The Bertz CT molecular complexity index is 587. The van der Waals surface area contributed by atoms with Crippen molar-refractivity contribution in [2.24, 2.45) is 0 Å². The fourth-order valence-corrected chi connectivity index (χ4v) is 2.36. The summed E-state index contributed by atoms with van der Waals surface area (Å²) in [4.78, 5) is 12.1. The molecule has 1 N–H and O–H groups in total. The van der Waals surface area contributed by atoms with Gasteiger partial charge in [0.25, 0.3) is 0 Å². The standard InChI is InChI=1S/C19H23NO/c1-3-15-9-11-16(12-10-15)13-14-19(21)20-18-8-6-5-7-17(18)4-2/h5-12H,3-4,13-14H2,1-2H3,(H,20,21). The Morgan fingerprint density at radius 1 is 0.905 bits per heavy atom. The summed E-state index contributed by atoms with van der Waals surface area (Å²) in [6.07, 6.45) is 3.27. The maximum Gasteiger partial charge on any atom is 0.224 e. The van der Waals surface area contributed by atoms with E-state index >= 15 is 0 Å². The largest absolute Gasteiger partial charge is 0.326 e. The van der Waals surface area contributed by atoms with Gasteiger partial charge in [0, 0.05) is 12.1 Å². The van der Waals surface area contributed by atoms with Crippen molar-refractivity contribution in [2.75, 3.05) is 5.32 Å². The minimum Gasteiger partial charge on any atom is -0.326 e. The van der Waals surface area contributed by atoms with E-state index in [9.17, 15) is 4.79 Å². The van der Waals surface area contributed by atoms with E-state index in [1.165, 1.54) is 16.7 Å². The summed E-state index contributed by atoms with van der Waals surface area (Å²) >= 11 is 0. The molecule has 0 aliphatic heterocycles. The lowest BCUT2D eigenvalue weighted by Gasteiger charge is -2.09. The summed E-state index contributed by atoms with van der Waals surface area (Å²) in [5, 5.41) is 3.02. The number of aryl methyl sites for hydroxylation is 3. The molecule has 0 aliphatic rings. The molecule has 0 aromatic heterocycles. The maximum absolute atomic E-state index is 12.1. The smallest absolute Gasteiger partial charge is 0.224 e. The van der Waals surface area contributed by atoms with Crippen LogP contribution in [0.3, 0.4) is 0 Å². The molecule has 0 spiro atoms. The fourth-order valence-electron chi connectivity index (χ4n) is 2.36.